The van der Waals surface area contributed by atoms with Gasteiger partial charge >= 0.3 is 0 Å². The van der Waals surface area contributed by atoms with Crippen molar-refractivity contribution in [3.63, 3.8) is 0 Å². The molecule has 6 heteroatoms. The predicted molar refractivity (Wildman–Crippen MR) is 112 cm³/mol. The maximum Gasteiger partial charge on any atom is 0.161 e. The minimum Gasteiger partial charge on any atom is -0.493 e. The number of aliphatic hydroxyl groups is 2. The Kier molecular flexibility index (Phi) is 8.17. The first kappa shape index (κ1) is 22.8. The number of aliphatic hydroxyl groups excluding tert-OH is 2. The van der Waals surface area contributed by atoms with Gasteiger partial charge in [-0.05, 0) is 63.1 Å². The molecular weight excluding hydrogens is 372 g/mol. The highest BCUT2D eigenvalue weighted by molar-refractivity contribution is 5.47. The zero-order valence-corrected chi connectivity index (χ0v) is 18.0. The van der Waals surface area contributed by atoms with Gasteiger partial charge in [0.1, 0.15) is 0 Å². The molecule has 0 bridgehead atoms. The molecule has 2 aromatic rings. The number of benzene rings is 2. The van der Waals surface area contributed by atoms with Crippen LogP contribution in [0.4, 0.5) is 0 Å². The van der Waals surface area contributed by atoms with Gasteiger partial charge < -0.3 is 29.2 Å². The summed E-state index contributed by atoms with van der Waals surface area (Å²) in [6.45, 7) is 7.51. The van der Waals surface area contributed by atoms with Gasteiger partial charge in [0.2, 0.25) is 0 Å². The normalized spacial score (nSPS) is 13.3. The van der Waals surface area contributed by atoms with Crippen LogP contribution < -0.4 is 18.9 Å². The summed E-state index contributed by atoms with van der Waals surface area (Å²) < 4.78 is 22.3. The first-order chi connectivity index (χ1) is 13.8. The topological polar surface area (TPSA) is 77.4 Å². The van der Waals surface area contributed by atoms with E-state index in [0.717, 1.165) is 5.56 Å². The lowest BCUT2D eigenvalue weighted by atomic mass is 9.89. The van der Waals surface area contributed by atoms with Gasteiger partial charge in [-0.1, -0.05) is 12.1 Å². The van der Waals surface area contributed by atoms with E-state index in [4.69, 9.17) is 18.9 Å². The van der Waals surface area contributed by atoms with Crippen LogP contribution >= 0.6 is 0 Å². The smallest absolute Gasteiger partial charge is 0.161 e. The molecule has 0 aliphatic heterocycles. The standard InChI is InChI=1S/C23H32O6/c1-14(2)28-19-9-7-16(11-21(19)26-5)18(13-24)23(25)17-8-10-20(29-15(3)4)22(12-17)27-6/h7-12,14-15,18,23-25H,13H2,1-6H3. The number of ether oxygens (including phenoxy) is 4. The monoisotopic (exact) mass is 404 g/mol. The lowest BCUT2D eigenvalue weighted by Crippen LogP contribution is -2.16. The molecule has 0 saturated carbocycles. The summed E-state index contributed by atoms with van der Waals surface area (Å²) in [7, 11) is 3.12. The van der Waals surface area contributed by atoms with E-state index in [2.05, 4.69) is 0 Å². The SMILES string of the molecule is COc1cc(C(O)C(CO)c2ccc(OC(C)C)c(OC)c2)ccc1OC(C)C. The third-order valence-electron chi connectivity index (χ3n) is 4.45. The fourth-order valence-corrected chi connectivity index (χ4v) is 3.11. The molecule has 2 aromatic carbocycles. The summed E-state index contributed by atoms with van der Waals surface area (Å²) in [5.74, 6) is 1.77. The largest absolute Gasteiger partial charge is 0.493 e. The molecule has 0 saturated heterocycles. The van der Waals surface area contributed by atoms with Crippen LogP contribution in [0.5, 0.6) is 23.0 Å². The van der Waals surface area contributed by atoms with E-state index >= 15 is 0 Å². The number of rotatable bonds is 10. The Morgan fingerprint density at radius 2 is 1.17 bits per heavy atom. The second kappa shape index (κ2) is 10.4. The Morgan fingerprint density at radius 1 is 0.724 bits per heavy atom. The third kappa shape index (κ3) is 5.78. The number of hydrogen-bond acceptors (Lipinski definition) is 6. The predicted octanol–water partition coefficient (Wildman–Crippen LogP) is 4.09. The van der Waals surface area contributed by atoms with E-state index in [9.17, 15) is 10.2 Å². The molecule has 2 rings (SSSR count). The minimum absolute atomic E-state index is 0.00361. The van der Waals surface area contributed by atoms with E-state index in [1.165, 1.54) is 0 Å². The van der Waals surface area contributed by atoms with Crippen molar-refractivity contribution >= 4 is 0 Å². The molecule has 0 aliphatic carbocycles. The van der Waals surface area contributed by atoms with Crippen LogP contribution in [0.25, 0.3) is 0 Å². The summed E-state index contributed by atoms with van der Waals surface area (Å²) in [4.78, 5) is 0. The lowest BCUT2D eigenvalue weighted by Gasteiger charge is -2.24. The van der Waals surface area contributed by atoms with Gasteiger partial charge in [-0.2, -0.15) is 0 Å². The Morgan fingerprint density at radius 3 is 1.59 bits per heavy atom. The van der Waals surface area contributed by atoms with Crippen molar-refractivity contribution in [2.24, 2.45) is 0 Å². The summed E-state index contributed by atoms with van der Waals surface area (Å²) >= 11 is 0. The molecule has 2 N–H and O–H groups in total. The first-order valence-electron chi connectivity index (χ1n) is 9.78. The second-order valence-corrected chi connectivity index (χ2v) is 7.39. The van der Waals surface area contributed by atoms with Crippen LogP contribution in [0.3, 0.4) is 0 Å². The first-order valence-corrected chi connectivity index (χ1v) is 9.78. The molecule has 6 nitrogen and oxygen atoms in total. The van der Waals surface area contributed by atoms with Crippen molar-refractivity contribution in [2.75, 3.05) is 20.8 Å². The Bertz CT molecular complexity index is 787. The fraction of sp³-hybridized carbons (Fsp3) is 0.478. The van der Waals surface area contributed by atoms with Crippen molar-refractivity contribution in [1.82, 2.24) is 0 Å². The van der Waals surface area contributed by atoms with Crippen molar-refractivity contribution in [1.29, 1.82) is 0 Å². The van der Waals surface area contributed by atoms with Crippen LogP contribution in [0, 0.1) is 0 Å². The quantitative estimate of drug-likeness (QED) is 0.621. The van der Waals surface area contributed by atoms with Gasteiger partial charge in [-0.25, -0.2) is 0 Å². The van der Waals surface area contributed by atoms with Crippen molar-refractivity contribution in [3.05, 3.63) is 47.5 Å². The van der Waals surface area contributed by atoms with Gasteiger partial charge in [0, 0.05) is 5.92 Å². The molecule has 160 valence electrons. The highest BCUT2D eigenvalue weighted by Gasteiger charge is 2.25. The van der Waals surface area contributed by atoms with Crippen LogP contribution in [0.1, 0.15) is 50.8 Å². The van der Waals surface area contributed by atoms with E-state index in [1.54, 1.807) is 44.6 Å². The third-order valence-corrected chi connectivity index (χ3v) is 4.45. The average molecular weight is 405 g/mol. The van der Waals surface area contributed by atoms with Crippen molar-refractivity contribution in [3.8, 4) is 23.0 Å². The molecule has 0 amide bonds. The molecule has 2 atom stereocenters. The Hall–Kier alpha value is -2.44. The van der Waals surface area contributed by atoms with Crippen LogP contribution in [-0.2, 0) is 0 Å². The molecular formula is C23H32O6. The van der Waals surface area contributed by atoms with Gasteiger partial charge in [0.15, 0.2) is 23.0 Å². The minimum atomic E-state index is -0.941. The fourth-order valence-electron chi connectivity index (χ4n) is 3.11. The highest BCUT2D eigenvalue weighted by Crippen LogP contribution is 2.39. The van der Waals surface area contributed by atoms with Crippen LogP contribution in [0.2, 0.25) is 0 Å². The second-order valence-electron chi connectivity index (χ2n) is 7.39. The summed E-state index contributed by atoms with van der Waals surface area (Å²) in [6.07, 6.45) is -0.930. The molecule has 0 aromatic heterocycles. The molecule has 0 spiro atoms. The van der Waals surface area contributed by atoms with Crippen LogP contribution in [-0.4, -0.2) is 43.2 Å². The van der Waals surface area contributed by atoms with Crippen LogP contribution in [0.15, 0.2) is 36.4 Å². The molecule has 0 fully saturated rings. The maximum absolute atomic E-state index is 11.0. The van der Waals surface area contributed by atoms with Gasteiger partial charge in [0.05, 0.1) is 39.1 Å². The van der Waals surface area contributed by atoms with E-state index in [-0.39, 0.29) is 18.8 Å². The van der Waals surface area contributed by atoms with Crippen molar-refractivity contribution < 1.29 is 29.2 Å². The molecule has 0 heterocycles. The molecule has 2 unspecified atom stereocenters. The van der Waals surface area contributed by atoms with Gasteiger partial charge in [-0.3, -0.25) is 0 Å². The van der Waals surface area contributed by atoms with Gasteiger partial charge in [0.25, 0.3) is 0 Å². The highest BCUT2D eigenvalue weighted by atomic mass is 16.5. The van der Waals surface area contributed by atoms with Crippen molar-refractivity contribution in [2.45, 2.75) is 51.9 Å². The van der Waals surface area contributed by atoms with E-state index < -0.39 is 12.0 Å². The Balaban J connectivity index is 2.34. The van der Waals surface area contributed by atoms with E-state index in [1.807, 2.05) is 33.8 Å². The Labute approximate surface area is 173 Å². The van der Waals surface area contributed by atoms with Gasteiger partial charge in [-0.15, -0.1) is 0 Å². The average Bonchev–Trinajstić information content (AvgIpc) is 2.68. The summed E-state index contributed by atoms with van der Waals surface area (Å²) in [5, 5.41) is 21.0. The zero-order valence-electron chi connectivity index (χ0n) is 18.0. The lowest BCUT2D eigenvalue weighted by molar-refractivity contribution is 0.106. The summed E-state index contributed by atoms with van der Waals surface area (Å²) in [6, 6.07) is 10.7. The molecule has 29 heavy (non-hydrogen) atoms. The number of methoxy groups -OCH3 is 2. The zero-order chi connectivity index (χ0) is 21.6. The number of hydrogen-bond donors (Lipinski definition) is 2. The molecule has 0 aliphatic rings. The maximum atomic E-state index is 11.0. The van der Waals surface area contributed by atoms with E-state index in [0.29, 0.717) is 28.6 Å². The molecule has 0 radical (unpaired) electrons. The summed E-state index contributed by atoms with van der Waals surface area (Å²) in [5.41, 5.74) is 1.37.